The molecule has 82 heavy (non-hydrogen) atoms. The van der Waals surface area contributed by atoms with Crippen molar-refractivity contribution < 1.29 is 45.9 Å². The molecular formula is C59H74N10O10S3. The number of hydrogen-bond donors (Lipinski definition) is 6. The predicted octanol–water partition coefficient (Wildman–Crippen LogP) is 6.16. The van der Waals surface area contributed by atoms with Crippen molar-refractivity contribution in [1.29, 1.82) is 0 Å². The maximum atomic E-state index is 13.8. The molecule has 6 atom stereocenters. The van der Waals surface area contributed by atoms with E-state index in [1.807, 2.05) is 43.8 Å². The van der Waals surface area contributed by atoms with E-state index in [1.54, 1.807) is 104 Å². The van der Waals surface area contributed by atoms with E-state index in [1.165, 1.54) is 27.4 Å². The molecule has 438 valence electrons. The molecule has 0 saturated carbocycles. The van der Waals surface area contributed by atoms with E-state index in [2.05, 4.69) is 41.9 Å². The zero-order valence-corrected chi connectivity index (χ0v) is 49.1. The Morgan fingerprint density at radius 3 is 2.18 bits per heavy atom. The van der Waals surface area contributed by atoms with Crippen molar-refractivity contribution in [3.8, 4) is 0 Å². The lowest BCUT2D eigenvalue weighted by molar-refractivity contribution is -0.129. The first-order chi connectivity index (χ1) is 39.3. The molecule has 2 aliphatic rings. The molecule has 8 rings (SSSR count). The van der Waals surface area contributed by atoms with Crippen molar-refractivity contribution in [3.05, 3.63) is 150 Å². The Balaban J connectivity index is 0.000000598. The van der Waals surface area contributed by atoms with Crippen LogP contribution in [-0.4, -0.2) is 137 Å². The number of amides is 5. The Hall–Kier alpha value is -7.05. The van der Waals surface area contributed by atoms with Crippen molar-refractivity contribution >= 4 is 72.1 Å². The molecule has 6 N–H and O–H groups in total. The van der Waals surface area contributed by atoms with Crippen LogP contribution in [0.5, 0.6) is 0 Å². The molecular weight excluding hydrogens is 1100 g/mol. The second-order valence-electron chi connectivity index (χ2n) is 21.1. The molecule has 5 amide bonds. The summed E-state index contributed by atoms with van der Waals surface area (Å²) >= 11 is 1.87. The largest absolute Gasteiger partial charge is 0.390 e. The van der Waals surface area contributed by atoms with Gasteiger partial charge in [-0.05, 0) is 68.4 Å². The Labute approximate surface area is 484 Å². The summed E-state index contributed by atoms with van der Waals surface area (Å²) in [7, 11) is -7.08. The lowest BCUT2D eigenvalue weighted by atomic mass is 9.99. The fraction of sp³-hybridized carbons (Fsp3) is 0.424. The number of hydrogen-bond acceptors (Lipinski definition) is 14. The van der Waals surface area contributed by atoms with Crippen LogP contribution in [-0.2, 0) is 47.2 Å². The summed E-state index contributed by atoms with van der Waals surface area (Å²) in [5.41, 5.74) is 2.70. The van der Waals surface area contributed by atoms with Gasteiger partial charge in [-0.2, -0.15) is 16.1 Å². The number of rotatable bonds is 28. The van der Waals surface area contributed by atoms with Crippen LogP contribution in [0.2, 0.25) is 0 Å². The number of urea groups is 1. The average Bonchev–Trinajstić information content (AvgIpc) is 4.10. The zero-order chi connectivity index (χ0) is 58.8. The smallest absolute Gasteiger partial charge is 0.315 e. The molecule has 23 heteroatoms. The van der Waals surface area contributed by atoms with E-state index < -0.39 is 44.0 Å². The first-order valence-corrected chi connectivity index (χ1v) is 32.0. The lowest BCUT2D eigenvalue weighted by Gasteiger charge is -2.28. The summed E-state index contributed by atoms with van der Waals surface area (Å²) in [6.45, 7) is 6.01. The van der Waals surface area contributed by atoms with Crippen molar-refractivity contribution in [3.63, 3.8) is 0 Å². The molecule has 2 aromatic heterocycles. The fourth-order valence-corrected chi connectivity index (χ4v) is 13.7. The summed E-state index contributed by atoms with van der Waals surface area (Å²) in [5.74, 6) is 0.0101. The quantitative estimate of drug-likeness (QED) is 0.0182. The van der Waals surface area contributed by atoms with Crippen LogP contribution in [0.15, 0.2) is 137 Å². The number of benzene rings is 4. The van der Waals surface area contributed by atoms with Crippen LogP contribution in [0.25, 0.3) is 10.9 Å². The van der Waals surface area contributed by atoms with Gasteiger partial charge >= 0.3 is 6.03 Å². The number of carbonyl (C=O) groups is 5. The average molecular weight is 1180 g/mol. The van der Waals surface area contributed by atoms with Gasteiger partial charge < -0.3 is 31.7 Å². The Morgan fingerprint density at radius 1 is 0.780 bits per heavy atom. The van der Waals surface area contributed by atoms with Crippen molar-refractivity contribution in [2.24, 2.45) is 5.92 Å². The maximum Gasteiger partial charge on any atom is 0.315 e. The second kappa shape index (κ2) is 29.8. The number of aliphatic hydroxyl groups is 1. The first kappa shape index (κ1) is 62.5. The van der Waals surface area contributed by atoms with Gasteiger partial charge in [-0.1, -0.05) is 123 Å². The lowest BCUT2D eigenvalue weighted by Crippen LogP contribution is -2.47. The number of ketones is 1. The number of unbranched alkanes of at least 4 members (excludes halogenated alkanes) is 3. The highest BCUT2D eigenvalue weighted by Gasteiger charge is 2.42. The highest BCUT2D eigenvalue weighted by molar-refractivity contribution is 8.00. The minimum Gasteiger partial charge on any atom is -0.390 e. The number of sulfone groups is 1. The van der Waals surface area contributed by atoms with E-state index in [0.717, 1.165) is 36.0 Å². The molecule has 1 unspecified atom stereocenters. The number of fused-ring (bicyclic) bond motifs is 2. The summed E-state index contributed by atoms with van der Waals surface area (Å²) in [6.07, 6.45) is 8.57. The topological polar surface area (TPSA) is 281 Å². The van der Waals surface area contributed by atoms with Gasteiger partial charge in [0.05, 0.1) is 52.3 Å². The molecule has 2 saturated heterocycles. The minimum absolute atomic E-state index is 0.000124. The van der Waals surface area contributed by atoms with Gasteiger partial charge in [0.2, 0.25) is 27.7 Å². The van der Waals surface area contributed by atoms with E-state index in [-0.39, 0.29) is 83.9 Å². The van der Waals surface area contributed by atoms with Crippen LogP contribution < -0.4 is 26.6 Å². The normalized spacial score (nSPS) is 17.0. The predicted molar refractivity (Wildman–Crippen MR) is 315 cm³/mol. The number of nitrogens with zero attached hydrogens (tertiary/aromatic N) is 5. The summed E-state index contributed by atoms with van der Waals surface area (Å²) < 4.78 is 52.6. The number of para-hydroxylation sites is 1. The van der Waals surface area contributed by atoms with E-state index in [9.17, 15) is 45.9 Å². The molecule has 20 nitrogen and oxygen atoms in total. The van der Waals surface area contributed by atoms with Crippen molar-refractivity contribution in [2.45, 2.75) is 130 Å². The minimum atomic E-state index is -3.88. The van der Waals surface area contributed by atoms with Gasteiger partial charge in [-0.25, -0.2) is 26.3 Å². The second-order valence-corrected chi connectivity index (χ2v) is 26.3. The molecule has 6 aromatic rings. The van der Waals surface area contributed by atoms with Gasteiger partial charge in [0.15, 0.2) is 15.6 Å². The number of sulfonamides is 1. The van der Waals surface area contributed by atoms with Gasteiger partial charge in [-0.3, -0.25) is 24.2 Å². The van der Waals surface area contributed by atoms with Crippen LogP contribution in [0.3, 0.4) is 0 Å². The zero-order valence-electron chi connectivity index (χ0n) is 46.6. The third-order valence-corrected chi connectivity index (χ3v) is 18.6. The molecule has 0 radical (unpaired) electrons. The summed E-state index contributed by atoms with van der Waals surface area (Å²) in [4.78, 5) is 68.7. The number of thioether (sulfide) groups is 1. The standard InChI is InChI=1S/C49H65N9O8S2.C10H9NO2S/c1-33(2)29-57(68(65,66)39-17-9-5-10-18-39)31-42(59)34(3)58-30-38(55-56-58)28-51-48(63)40(27-35-22-24-37(25-23-35)47(62)36-15-7-4-8-16-36)52-45(61)21-11-6-14-26-50-44(60)20-13-12-19-43-46-41(32-67-43)53-49(64)54-46;1-14(12,13)9-6-2-4-8-5-3-7-11-10(8)9/h4-5,7-10,15-18,22-25,30,33-34,40-43,46,59H,6,11-14,19-21,26-29,31-32H2,1-3H3,(H,50,60)(H,51,63)(H,52,61)(H2,53,54,64);2-7H,1H3/t34-,40-,41-,42?,43-,46-;/m0./s1. The Bertz CT molecular complexity index is 3330. The number of carbonyl (C=O) groups excluding carboxylic acids is 5. The highest BCUT2D eigenvalue weighted by atomic mass is 32.2. The summed E-state index contributed by atoms with van der Waals surface area (Å²) in [6, 6.07) is 31.3. The number of pyridine rings is 1. The third-order valence-electron chi connectivity index (χ3n) is 14.1. The van der Waals surface area contributed by atoms with Crippen LogP contribution in [0.4, 0.5) is 4.79 Å². The van der Waals surface area contributed by atoms with Crippen LogP contribution in [0.1, 0.15) is 105 Å². The molecule has 0 aliphatic carbocycles. The molecule has 2 fully saturated rings. The number of nitrogens with one attached hydrogen (secondary N) is 5. The van der Waals surface area contributed by atoms with E-state index in [4.69, 9.17) is 0 Å². The maximum absolute atomic E-state index is 13.8. The SMILES string of the molecule is CC(C)CN(CC(O)[C@H](C)n1cc(CNC(=O)[C@H](Cc2ccc(C(=O)c3ccccc3)cc2)NC(=O)CCCCCNC(=O)CCCC[C@@H]2SC[C@@H]3NC(=O)N[C@@H]32)nn1)S(=O)(=O)c1ccccc1.CS(=O)(=O)c1cccc2cccnc12. The first-order valence-electron chi connectivity index (χ1n) is 27.7. The fourth-order valence-electron chi connectivity index (χ4n) is 9.66. The van der Waals surface area contributed by atoms with E-state index in [0.29, 0.717) is 59.8 Å². The van der Waals surface area contributed by atoms with Crippen molar-refractivity contribution in [1.82, 2.24) is 50.9 Å². The molecule has 0 spiro atoms. The van der Waals surface area contributed by atoms with E-state index >= 15 is 0 Å². The molecule has 4 aromatic carbocycles. The van der Waals surface area contributed by atoms with Crippen LogP contribution in [0, 0.1) is 5.92 Å². The monoisotopic (exact) mass is 1180 g/mol. The van der Waals surface area contributed by atoms with Gasteiger partial charge in [0, 0.05) is 78.9 Å². The number of aliphatic hydroxyl groups excluding tert-OH is 1. The molecule has 2 aliphatic heterocycles. The van der Waals surface area contributed by atoms with Gasteiger partial charge in [-0.15, -0.1) is 5.10 Å². The molecule has 4 heterocycles. The Kier molecular flexibility index (Phi) is 22.7. The molecule has 0 bridgehead atoms. The third kappa shape index (κ3) is 18.0. The van der Waals surface area contributed by atoms with Crippen LogP contribution >= 0.6 is 11.8 Å². The van der Waals surface area contributed by atoms with Gasteiger partial charge in [0.1, 0.15) is 11.7 Å². The van der Waals surface area contributed by atoms with Gasteiger partial charge in [0.25, 0.3) is 0 Å². The summed E-state index contributed by atoms with van der Waals surface area (Å²) in [5, 5.41) is 35.5. The van der Waals surface area contributed by atoms with Crippen molar-refractivity contribution in [2.75, 3.05) is 31.6 Å². The highest BCUT2D eigenvalue weighted by Crippen LogP contribution is 2.33. The Morgan fingerprint density at radius 2 is 1.46 bits per heavy atom. The number of aromatic nitrogens is 4.